The van der Waals surface area contributed by atoms with Gasteiger partial charge in [0.1, 0.15) is 5.75 Å². The Hall–Kier alpha value is -1.28. The lowest BCUT2D eigenvalue weighted by Crippen LogP contribution is -2.57. The average Bonchev–Trinajstić information content (AvgIpc) is 2.38. The Labute approximate surface area is 115 Å². The van der Waals surface area contributed by atoms with Crippen molar-refractivity contribution in [3.05, 3.63) is 42.0 Å². The Bertz CT molecular complexity index is 510. The standard InChI is InChI=1S/C17H23NO/c1-4-8-18-9-7-17(3)12(2)16(18)10-13-5-6-14(19)11-15(13)17/h4-6,11-12,16,19H,1,7-10H2,2-3H3/t12-,16?,17-/m1/s1. The molecule has 1 fully saturated rings. The molecule has 1 N–H and O–H groups in total. The fraction of sp³-hybridized carbons (Fsp3) is 0.529. The fourth-order valence-electron chi connectivity index (χ4n) is 4.09. The molecule has 1 unspecified atom stereocenters. The van der Waals surface area contributed by atoms with Crippen LogP contribution < -0.4 is 0 Å². The van der Waals surface area contributed by atoms with Crippen molar-refractivity contribution in [2.45, 2.75) is 38.1 Å². The summed E-state index contributed by atoms with van der Waals surface area (Å²) < 4.78 is 0. The van der Waals surface area contributed by atoms with Gasteiger partial charge in [-0.15, -0.1) is 6.58 Å². The van der Waals surface area contributed by atoms with Crippen LogP contribution in [0.3, 0.4) is 0 Å². The molecule has 0 amide bonds. The molecule has 1 aromatic rings. The largest absolute Gasteiger partial charge is 0.508 e. The van der Waals surface area contributed by atoms with E-state index in [1.165, 1.54) is 11.1 Å². The van der Waals surface area contributed by atoms with E-state index in [0.717, 1.165) is 25.9 Å². The van der Waals surface area contributed by atoms with Crippen molar-refractivity contribution < 1.29 is 5.11 Å². The van der Waals surface area contributed by atoms with Crippen LogP contribution in [0.2, 0.25) is 0 Å². The smallest absolute Gasteiger partial charge is 0.115 e. The van der Waals surface area contributed by atoms with Gasteiger partial charge in [-0.3, -0.25) is 4.90 Å². The summed E-state index contributed by atoms with van der Waals surface area (Å²) in [6.07, 6.45) is 4.27. The molecule has 0 spiro atoms. The highest BCUT2D eigenvalue weighted by Gasteiger charge is 2.48. The van der Waals surface area contributed by atoms with Crippen molar-refractivity contribution in [2.75, 3.05) is 13.1 Å². The lowest BCUT2D eigenvalue weighted by Gasteiger charge is -2.54. The van der Waals surface area contributed by atoms with Crippen LogP contribution in [0.5, 0.6) is 5.75 Å². The molecule has 3 rings (SSSR count). The molecule has 1 heterocycles. The highest BCUT2D eigenvalue weighted by atomic mass is 16.3. The number of benzene rings is 1. The predicted octanol–water partition coefficient (Wildman–Crippen LogP) is 3.10. The molecule has 102 valence electrons. The third-order valence-electron chi connectivity index (χ3n) is 5.47. The Morgan fingerprint density at radius 2 is 2.32 bits per heavy atom. The quantitative estimate of drug-likeness (QED) is 0.823. The minimum Gasteiger partial charge on any atom is -0.508 e. The minimum absolute atomic E-state index is 0.203. The van der Waals surface area contributed by atoms with E-state index in [2.05, 4.69) is 31.4 Å². The Kier molecular flexibility index (Phi) is 2.94. The number of rotatable bonds is 2. The van der Waals surface area contributed by atoms with Gasteiger partial charge in [0.15, 0.2) is 0 Å². The number of phenols is 1. The van der Waals surface area contributed by atoms with Crippen LogP contribution in [-0.4, -0.2) is 29.1 Å². The Morgan fingerprint density at radius 1 is 1.53 bits per heavy atom. The SMILES string of the molecule is C=CCN1CC[C@@]2(C)c3cc(O)ccc3CC1[C@H]2C. The summed E-state index contributed by atoms with van der Waals surface area (Å²) in [5.74, 6) is 1.02. The number of nitrogens with zero attached hydrogens (tertiary/aromatic N) is 1. The zero-order valence-electron chi connectivity index (χ0n) is 11.9. The molecule has 2 heteroatoms. The van der Waals surface area contributed by atoms with Crippen LogP contribution >= 0.6 is 0 Å². The van der Waals surface area contributed by atoms with Crippen molar-refractivity contribution in [2.24, 2.45) is 5.92 Å². The first kappa shape index (κ1) is 12.7. The molecular formula is C17H23NO. The number of piperidine rings is 1. The van der Waals surface area contributed by atoms with Gasteiger partial charge in [0.05, 0.1) is 0 Å². The van der Waals surface area contributed by atoms with E-state index in [9.17, 15) is 5.11 Å². The van der Waals surface area contributed by atoms with Crippen LogP contribution in [0.1, 0.15) is 31.4 Å². The van der Waals surface area contributed by atoms with Gasteiger partial charge in [0, 0.05) is 12.6 Å². The normalized spacial score (nSPS) is 33.8. The first-order valence-corrected chi connectivity index (χ1v) is 7.23. The van der Waals surface area contributed by atoms with E-state index < -0.39 is 0 Å². The molecule has 2 bridgehead atoms. The molecule has 0 saturated carbocycles. The number of likely N-dealkylation sites (tertiary alicyclic amines) is 1. The first-order chi connectivity index (χ1) is 9.06. The predicted molar refractivity (Wildman–Crippen MR) is 78.5 cm³/mol. The third-order valence-corrected chi connectivity index (χ3v) is 5.47. The highest BCUT2D eigenvalue weighted by molar-refractivity contribution is 5.44. The van der Waals surface area contributed by atoms with E-state index in [1.54, 1.807) is 0 Å². The van der Waals surface area contributed by atoms with Gasteiger partial charge in [-0.05, 0) is 54.0 Å². The monoisotopic (exact) mass is 257 g/mol. The zero-order valence-corrected chi connectivity index (χ0v) is 11.9. The van der Waals surface area contributed by atoms with Gasteiger partial charge in [-0.25, -0.2) is 0 Å². The number of hydrogen-bond acceptors (Lipinski definition) is 2. The second-order valence-electron chi connectivity index (χ2n) is 6.35. The summed E-state index contributed by atoms with van der Waals surface area (Å²) in [5.41, 5.74) is 2.99. The number of hydrogen-bond donors (Lipinski definition) is 1. The van der Waals surface area contributed by atoms with E-state index in [0.29, 0.717) is 17.7 Å². The number of aromatic hydroxyl groups is 1. The second kappa shape index (κ2) is 4.38. The van der Waals surface area contributed by atoms with E-state index >= 15 is 0 Å². The van der Waals surface area contributed by atoms with E-state index in [-0.39, 0.29) is 5.41 Å². The van der Waals surface area contributed by atoms with Crippen LogP contribution in [0.15, 0.2) is 30.9 Å². The fourth-order valence-corrected chi connectivity index (χ4v) is 4.09. The van der Waals surface area contributed by atoms with Crippen molar-refractivity contribution >= 4 is 0 Å². The molecule has 1 aliphatic heterocycles. The Balaban J connectivity index is 2.06. The molecule has 2 nitrogen and oxygen atoms in total. The topological polar surface area (TPSA) is 23.5 Å². The summed E-state index contributed by atoms with van der Waals surface area (Å²) in [6, 6.07) is 6.53. The third kappa shape index (κ3) is 1.81. The molecular weight excluding hydrogens is 234 g/mol. The summed E-state index contributed by atoms with van der Waals surface area (Å²) in [7, 11) is 0. The van der Waals surface area contributed by atoms with E-state index in [4.69, 9.17) is 0 Å². The maximum atomic E-state index is 9.80. The summed E-state index contributed by atoms with van der Waals surface area (Å²) >= 11 is 0. The molecule has 1 aliphatic carbocycles. The van der Waals surface area contributed by atoms with Crippen LogP contribution in [0.4, 0.5) is 0 Å². The van der Waals surface area contributed by atoms with Crippen molar-refractivity contribution in [3.63, 3.8) is 0 Å². The lowest BCUT2D eigenvalue weighted by molar-refractivity contribution is 0.0398. The molecule has 1 aromatic carbocycles. The summed E-state index contributed by atoms with van der Waals surface area (Å²) in [4.78, 5) is 2.56. The Morgan fingerprint density at radius 3 is 3.05 bits per heavy atom. The van der Waals surface area contributed by atoms with Crippen LogP contribution in [-0.2, 0) is 11.8 Å². The molecule has 0 aromatic heterocycles. The maximum absolute atomic E-state index is 9.80. The van der Waals surface area contributed by atoms with Gasteiger partial charge in [0.25, 0.3) is 0 Å². The van der Waals surface area contributed by atoms with Crippen LogP contribution in [0, 0.1) is 5.92 Å². The molecule has 2 aliphatic rings. The zero-order chi connectivity index (χ0) is 13.6. The first-order valence-electron chi connectivity index (χ1n) is 7.23. The van der Waals surface area contributed by atoms with Gasteiger partial charge < -0.3 is 5.11 Å². The number of phenolic OH excluding ortho intramolecular Hbond substituents is 1. The van der Waals surface area contributed by atoms with Crippen molar-refractivity contribution in [3.8, 4) is 5.75 Å². The van der Waals surface area contributed by atoms with Gasteiger partial charge in [-0.1, -0.05) is 26.0 Å². The molecule has 3 atom stereocenters. The van der Waals surface area contributed by atoms with Crippen LogP contribution in [0.25, 0.3) is 0 Å². The van der Waals surface area contributed by atoms with Gasteiger partial charge in [0.2, 0.25) is 0 Å². The van der Waals surface area contributed by atoms with Gasteiger partial charge >= 0.3 is 0 Å². The molecule has 0 radical (unpaired) electrons. The molecule has 1 saturated heterocycles. The summed E-state index contributed by atoms with van der Waals surface area (Å²) in [6.45, 7) is 10.7. The summed E-state index contributed by atoms with van der Waals surface area (Å²) in [5, 5.41) is 9.80. The second-order valence-corrected chi connectivity index (χ2v) is 6.35. The van der Waals surface area contributed by atoms with Crippen molar-refractivity contribution in [1.29, 1.82) is 0 Å². The lowest BCUT2D eigenvalue weighted by atomic mass is 9.59. The average molecular weight is 257 g/mol. The van der Waals surface area contributed by atoms with Gasteiger partial charge in [-0.2, -0.15) is 0 Å². The minimum atomic E-state index is 0.203. The maximum Gasteiger partial charge on any atom is 0.115 e. The highest BCUT2D eigenvalue weighted by Crippen LogP contribution is 2.49. The van der Waals surface area contributed by atoms with E-state index in [1.807, 2.05) is 18.2 Å². The van der Waals surface area contributed by atoms with Crippen molar-refractivity contribution in [1.82, 2.24) is 4.90 Å². The molecule has 19 heavy (non-hydrogen) atoms. The number of fused-ring (bicyclic) bond motifs is 4.